The van der Waals surface area contributed by atoms with Crippen molar-refractivity contribution < 1.29 is 60.6 Å². The summed E-state index contributed by atoms with van der Waals surface area (Å²) in [4.78, 5) is 23.8. The number of Topliss-reactive ketones (excluding diaryl/α,β-unsaturated/α-hetero) is 1. The van der Waals surface area contributed by atoms with Gasteiger partial charge in [-0.1, -0.05) is 39.3 Å². The molecule has 1 unspecified atom stereocenters. The number of thioether (sulfide) groups is 1. The van der Waals surface area contributed by atoms with Crippen molar-refractivity contribution in [2.24, 2.45) is 5.41 Å². The standard InChI is InChI=1S/C26H34O6S.Na.H/c1-5-8-21-22(12-11-20(17(2)27)24(21)30)32-13-7-14-33-19-10-6-9-18(15-19)25(31)26(3,4)16-23(28)29;;/h6,9-12,15,25,30-31H,5,7-8,13-14,16H2,1-4H3,(H,28,29);;/q;+1;-1. The third-order valence-electron chi connectivity index (χ3n) is 5.45. The van der Waals surface area contributed by atoms with Crippen molar-refractivity contribution in [1.82, 2.24) is 0 Å². The maximum absolute atomic E-state index is 11.7. The number of aliphatic hydroxyl groups is 1. The molecule has 0 saturated carbocycles. The monoisotopic (exact) mass is 498 g/mol. The summed E-state index contributed by atoms with van der Waals surface area (Å²) in [6, 6.07) is 10.9. The molecule has 0 bridgehead atoms. The Morgan fingerprint density at radius 3 is 2.53 bits per heavy atom. The van der Waals surface area contributed by atoms with Gasteiger partial charge >= 0.3 is 35.5 Å². The molecule has 0 aliphatic carbocycles. The first-order valence-corrected chi connectivity index (χ1v) is 12.2. The van der Waals surface area contributed by atoms with Gasteiger partial charge in [-0.15, -0.1) is 11.8 Å². The number of ether oxygens (including phenoxy) is 1. The topological polar surface area (TPSA) is 104 Å². The second kappa shape index (κ2) is 14.1. The van der Waals surface area contributed by atoms with Crippen molar-refractivity contribution >= 4 is 23.5 Å². The predicted octanol–water partition coefficient (Wildman–Crippen LogP) is 2.76. The number of aromatic hydroxyl groups is 1. The minimum Gasteiger partial charge on any atom is -1.00 e. The molecule has 2 rings (SSSR count). The average molecular weight is 499 g/mol. The number of hydrogen-bond donors (Lipinski definition) is 3. The molecular formula is C26H35NaO6S. The van der Waals surface area contributed by atoms with Crippen molar-refractivity contribution in [3.05, 3.63) is 53.1 Å². The number of benzene rings is 2. The van der Waals surface area contributed by atoms with E-state index in [2.05, 4.69) is 0 Å². The molecule has 0 aromatic heterocycles. The molecular weight excluding hydrogens is 463 g/mol. The van der Waals surface area contributed by atoms with Crippen LogP contribution in [0.5, 0.6) is 11.5 Å². The van der Waals surface area contributed by atoms with Crippen molar-refractivity contribution in [3.63, 3.8) is 0 Å². The Labute approximate surface area is 229 Å². The van der Waals surface area contributed by atoms with Crippen LogP contribution in [0.25, 0.3) is 0 Å². The molecule has 0 aliphatic heterocycles. The smallest absolute Gasteiger partial charge is 1.00 e. The molecule has 0 fully saturated rings. The summed E-state index contributed by atoms with van der Waals surface area (Å²) in [5.41, 5.74) is 0.911. The Bertz CT molecular complexity index is 982. The Morgan fingerprint density at radius 2 is 1.91 bits per heavy atom. The van der Waals surface area contributed by atoms with Crippen molar-refractivity contribution in [3.8, 4) is 11.5 Å². The Balaban J connectivity index is 0.00000578. The van der Waals surface area contributed by atoms with E-state index in [1.807, 2.05) is 31.2 Å². The van der Waals surface area contributed by atoms with Crippen LogP contribution >= 0.6 is 11.8 Å². The van der Waals surface area contributed by atoms with Crippen molar-refractivity contribution in [1.29, 1.82) is 0 Å². The van der Waals surface area contributed by atoms with Crippen LogP contribution in [0.3, 0.4) is 0 Å². The predicted molar refractivity (Wildman–Crippen MR) is 131 cm³/mol. The number of phenols is 1. The fourth-order valence-corrected chi connectivity index (χ4v) is 4.56. The molecule has 0 radical (unpaired) electrons. The minimum absolute atomic E-state index is 0. The van der Waals surface area contributed by atoms with Gasteiger partial charge in [0.15, 0.2) is 5.78 Å². The van der Waals surface area contributed by atoms with E-state index >= 15 is 0 Å². The zero-order valence-corrected chi connectivity index (χ0v) is 23.6. The normalized spacial score (nSPS) is 12.0. The van der Waals surface area contributed by atoms with E-state index in [1.54, 1.807) is 37.7 Å². The number of carbonyl (C=O) groups excluding carboxylic acids is 1. The molecule has 2 aromatic rings. The number of aliphatic carboxylic acids is 1. The fourth-order valence-electron chi connectivity index (χ4n) is 3.67. The largest absolute Gasteiger partial charge is 1.00 e. The Hall–Kier alpha value is -1.51. The van der Waals surface area contributed by atoms with Gasteiger partial charge < -0.3 is 21.5 Å². The van der Waals surface area contributed by atoms with Gasteiger partial charge in [0.25, 0.3) is 0 Å². The van der Waals surface area contributed by atoms with E-state index in [0.29, 0.717) is 35.5 Å². The summed E-state index contributed by atoms with van der Waals surface area (Å²) < 4.78 is 5.91. The second-order valence-corrected chi connectivity index (χ2v) is 10.00. The summed E-state index contributed by atoms with van der Waals surface area (Å²) >= 11 is 1.63. The van der Waals surface area contributed by atoms with E-state index in [-0.39, 0.29) is 48.9 Å². The Kier molecular flexibility index (Phi) is 12.7. The molecule has 0 saturated heterocycles. The number of aliphatic hydroxyl groups excluding tert-OH is 1. The summed E-state index contributed by atoms with van der Waals surface area (Å²) in [5, 5.41) is 30.2. The van der Waals surface area contributed by atoms with Crippen LogP contribution in [-0.4, -0.2) is 39.4 Å². The molecule has 3 N–H and O–H groups in total. The van der Waals surface area contributed by atoms with E-state index < -0.39 is 17.5 Å². The van der Waals surface area contributed by atoms with Crippen LogP contribution in [0.15, 0.2) is 41.3 Å². The summed E-state index contributed by atoms with van der Waals surface area (Å²) in [7, 11) is 0. The number of ketones is 1. The summed E-state index contributed by atoms with van der Waals surface area (Å²) in [6.07, 6.45) is 1.23. The first-order valence-electron chi connectivity index (χ1n) is 11.2. The third-order valence-corrected chi connectivity index (χ3v) is 6.53. The van der Waals surface area contributed by atoms with Crippen molar-refractivity contribution in [2.45, 2.75) is 64.4 Å². The minimum atomic E-state index is -0.934. The summed E-state index contributed by atoms with van der Waals surface area (Å²) in [6.45, 7) is 7.40. The molecule has 182 valence electrons. The SMILES string of the molecule is CCCc1c(OCCCSc2cccc(C(O)C(C)(C)CC(=O)O)c2)ccc(C(C)=O)c1O.[H-].[Na+]. The van der Waals surface area contributed by atoms with Gasteiger partial charge in [0.05, 0.1) is 24.7 Å². The zero-order chi connectivity index (χ0) is 24.6. The van der Waals surface area contributed by atoms with Crippen LogP contribution in [-0.2, 0) is 11.2 Å². The zero-order valence-electron chi connectivity index (χ0n) is 21.8. The van der Waals surface area contributed by atoms with Crippen LogP contribution in [0.4, 0.5) is 0 Å². The molecule has 0 heterocycles. The van der Waals surface area contributed by atoms with Crippen LogP contribution in [0.2, 0.25) is 0 Å². The summed E-state index contributed by atoms with van der Waals surface area (Å²) in [5.74, 6) is 0.300. The van der Waals surface area contributed by atoms with Crippen LogP contribution in [0.1, 0.15) is 76.0 Å². The second-order valence-electron chi connectivity index (χ2n) is 8.83. The van der Waals surface area contributed by atoms with Gasteiger partial charge in [-0.3, -0.25) is 9.59 Å². The quantitative estimate of drug-likeness (QED) is 0.169. The fraction of sp³-hybridized carbons (Fsp3) is 0.462. The number of carboxylic acids is 1. The van der Waals surface area contributed by atoms with Gasteiger partial charge in [-0.2, -0.15) is 0 Å². The molecule has 8 heteroatoms. The number of phenolic OH excluding ortho intramolecular Hbond substituents is 1. The van der Waals surface area contributed by atoms with E-state index in [4.69, 9.17) is 9.84 Å². The third kappa shape index (κ3) is 8.61. The molecule has 6 nitrogen and oxygen atoms in total. The Morgan fingerprint density at radius 1 is 1.21 bits per heavy atom. The number of carbonyl (C=O) groups is 2. The van der Waals surface area contributed by atoms with Crippen LogP contribution in [0, 0.1) is 5.41 Å². The van der Waals surface area contributed by atoms with E-state index in [0.717, 1.165) is 23.5 Å². The van der Waals surface area contributed by atoms with E-state index in [1.165, 1.54) is 6.92 Å². The van der Waals surface area contributed by atoms with Gasteiger partial charge in [0, 0.05) is 21.6 Å². The molecule has 1 atom stereocenters. The molecule has 0 aliphatic rings. The van der Waals surface area contributed by atoms with Gasteiger partial charge in [0.1, 0.15) is 11.5 Å². The number of rotatable bonds is 13. The average Bonchev–Trinajstić information content (AvgIpc) is 2.74. The molecule has 2 aromatic carbocycles. The maximum Gasteiger partial charge on any atom is 1.00 e. The van der Waals surface area contributed by atoms with Crippen LogP contribution < -0.4 is 34.3 Å². The van der Waals surface area contributed by atoms with Gasteiger partial charge in [0.2, 0.25) is 0 Å². The molecule has 34 heavy (non-hydrogen) atoms. The first kappa shape index (κ1) is 30.5. The van der Waals surface area contributed by atoms with Gasteiger partial charge in [-0.25, -0.2) is 0 Å². The number of carboxylic acid groups (broad SMARTS) is 1. The van der Waals surface area contributed by atoms with Gasteiger partial charge in [-0.05, 0) is 49.6 Å². The van der Waals surface area contributed by atoms with Crippen molar-refractivity contribution in [2.75, 3.05) is 12.4 Å². The number of hydrogen-bond acceptors (Lipinski definition) is 6. The molecule has 0 spiro atoms. The molecule has 0 amide bonds. The van der Waals surface area contributed by atoms with E-state index in [9.17, 15) is 19.8 Å². The maximum atomic E-state index is 11.7. The first-order chi connectivity index (χ1) is 15.6.